The van der Waals surface area contributed by atoms with Crippen LogP contribution in [-0.2, 0) is 4.79 Å². The minimum Gasteiger partial charge on any atom is -0.481 e. The third-order valence-corrected chi connectivity index (χ3v) is 5.20. The largest absolute Gasteiger partial charge is 0.481 e. The Morgan fingerprint density at radius 2 is 1.75 bits per heavy atom. The van der Waals surface area contributed by atoms with Gasteiger partial charge in [0.2, 0.25) is 0 Å². The number of rotatable bonds is 6. The summed E-state index contributed by atoms with van der Waals surface area (Å²) in [6, 6.07) is 6.04. The van der Waals surface area contributed by atoms with E-state index in [-0.39, 0.29) is 11.4 Å². The van der Waals surface area contributed by atoms with Gasteiger partial charge in [0, 0.05) is 12.1 Å². The molecule has 0 aliphatic heterocycles. The van der Waals surface area contributed by atoms with Crippen molar-refractivity contribution in [2.45, 2.75) is 64.5 Å². The Balaban J connectivity index is 1.93. The summed E-state index contributed by atoms with van der Waals surface area (Å²) >= 11 is 0. The molecule has 4 heteroatoms. The molecular formula is C20H32N2O2. The summed E-state index contributed by atoms with van der Waals surface area (Å²) < 4.78 is 5.85. The number of amides is 1. The van der Waals surface area contributed by atoms with Crippen molar-refractivity contribution in [3.8, 4) is 5.75 Å². The predicted molar refractivity (Wildman–Crippen MR) is 98.5 cm³/mol. The van der Waals surface area contributed by atoms with E-state index in [4.69, 9.17) is 4.74 Å². The Bertz CT molecular complexity index is 543. The highest BCUT2D eigenvalue weighted by atomic mass is 16.5. The van der Waals surface area contributed by atoms with Gasteiger partial charge in [-0.25, -0.2) is 0 Å². The Morgan fingerprint density at radius 1 is 1.17 bits per heavy atom. The second-order valence-electron chi connectivity index (χ2n) is 7.48. The van der Waals surface area contributed by atoms with Crippen LogP contribution in [0.25, 0.3) is 0 Å². The summed E-state index contributed by atoms with van der Waals surface area (Å²) in [5.41, 5.74) is 2.38. The van der Waals surface area contributed by atoms with Crippen molar-refractivity contribution in [3.63, 3.8) is 0 Å². The van der Waals surface area contributed by atoms with Gasteiger partial charge in [-0.05, 0) is 71.0 Å². The highest BCUT2D eigenvalue weighted by Crippen LogP contribution is 2.31. The maximum Gasteiger partial charge on any atom is 0.260 e. The van der Waals surface area contributed by atoms with Crippen molar-refractivity contribution in [3.05, 3.63) is 29.3 Å². The number of nitrogens with one attached hydrogen (secondary N) is 1. The molecule has 0 spiro atoms. The van der Waals surface area contributed by atoms with Gasteiger partial charge in [-0.3, -0.25) is 4.79 Å². The van der Waals surface area contributed by atoms with Crippen LogP contribution in [0.15, 0.2) is 18.2 Å². The molecular weight excluding hydrogens is 300 g/mol. The van der Waals surface area contributed by atoms with E-state index in [9.17, 15) is 4.79 Å². The molecule has 1 aromatic rings. The topological polar surface area (TPSA) is 41.6 Å². The van der Waals surface area contributed by atoms with E-state index in [2.05, 4.69) is 30.4 Å². The van der Waals surface area contributed by atoms with Gasteiger partial charge in [-0.15, -0.1) is 0 Å². The van der Waals surface area contributed by atoms with Gasteiger partial charge in [0.15, 0.2) is 6.10 Å². The molecule has 1 aliphatic rings. The first-order chi connectivity index (χ1) is 11.3. The number of carbonyl (C=O) groups is 1. The quantitative estimate of drug-likeness (QED) is 0.867. The van der Waals surface area contributed by atoms with Crippen LogP contribution in [0.5, 0.6) is 5.75 Å². The molecule has 4 nitrogen and oxygen atoms in total. The number of likely N-dealkylation sites (N-methyl/N-ethyl adjacent to an activating group) is 1. The number of carbonyl (C=O) groups excluding carboxylic acids is 1. The summed E-state index contributed by atoms with van der Waals surface area (Å²) in [7, 11) is 4.24. The van der Waals surface area contributed by atoms with E-state index in [0.29, 0.717) is 6.54 Å². The van der Waals surface area contributed by atoms with E-state index in [0.717, 1.165) is 29.7 Å². The number of nitrogens with zero attached hydrogens (tertiary/aromatic N) is 1. The van der Waals surface area contributed by atoms with Crippen LogP contribution in [-0.4, -0.2) is 43.1 Å². The molecule has 0 heterocycles. The maximum atomic E-state index is 12.5. The Hall–Kier alpha value is -1.55. The number of benzene rings is 1. The molecule has 0 saturated heterocycles. The lowest BCUT2D eigenvalue weighted by Gasteiger charge is -2.43. The molecule has 0 radical (unpaired) electrons. The highest BCUT2D eigenvalue weighted by molar-refractivity contribution is 5.80. The lowest BCUT2D eigenvalue weighted by atomic mass is 9.80. The first-order valence-electron chi connectivity index (χ1n) is 9.02. The van der Waals surface area contributed by atoms with E-state index >= 15 is 0 Å². The fraction of sp³-hybridized carbons (Fsp3) is 0.650. The van der Waals surface area contributed by atoms with Crippen LogP contribution in [0, 0.1) is 13.8 Å². The molecule has 0 aromatic heterocycles. The Kier molecular flexibility index (Phi) is 6.27. The standard InChI is InChI=1S/C20H32N2O2/c1-15-11-16(2)13-18(12-15)24-17(3)19(23)21-14-20(22(4)5)9-7-6-8-10-20/h11-13,17H,6-10,14H2,1-5H3,(H,21,23)/t17-/m1/s1. The molecule has 1 aromatic carbocycles. The van der Waals surface area contributed by atoms with Gasteiger partial charge in [0.1, 0.15) is 5.75 Å². The zero-order valence-corrected chi connectivity index (χ0v) is 15.8. The third-order valence-electron chi connectivity index (χ3n) is 5.20. The van der Waals surface area contributed by atoms with Crippen LogP contribution in [0.3, 0.4) is 0 Å². The summed E-state index contributed by atoms with van der Waals surface area (Å²) in [6.45, 7) is 6.58. The van der Waals surface area contributed by atoms with Gasteiger partial charge in [-0.2, -0.15) is 0 Å². The molecule has 1 N–H and O–H groups in total. The number of hydrogen-bond acceptors (Lipinski definition) is 3. The van der Waals surface area contributed by atoms with Crippen molar-refractivity contribution in [2.75, 3.05) is 20.6 Å². The molecule has 1 saturated carbocycles. The van der Waals surface area contributed by atoms with Crippen LogP contribution < -0.4 is 10.1 Å². The summed E-state index contributed by atoms with van der Waals surface area (Å²) in [5.74, 6) is 0.719. The molecule has 0 unspecified atom stereocenters. The van der Waals surface area contributed by atoms with Crippen LogP contribution in [0.4, 0.5) is 0 Å². The first kappa shape index (κ1) is 18.8. The van der Waals surface area contributed by atoms with Gasteiger partial charge in [-0.1, -0.05) is 25.3 Å². The van der Waals surface area contributed by atoms with Crippen molar-refractivity contribution in [1.82, 2.24) is 10.2 Å². The van der Waals surface area contributed by atoms with Crippen molar-refractivity contribution >= 4 is 5.91 Å². The summed E-state index contributed by atoms with van der Waals surface area (Å²) in [5, 5.41) is 3.12. The molecule has 0 bridgehead atoms. The van der Waals surface area contributed by atoms with Crippen LogP contribution >= 0.6 is 0 Å². The van der Waals surface area contributed by atoms with Crippen molar-refractivity contribution in [1.29, 1.82) is 0 Å². The number of aryl methyl sites for hydroxylation is 2. The average molecular weight is 332 g/mol. The fourth-order valence-corrected chi connectivity index (χ4v) is 3.65. The Morgan fingerprint density at radius 3 is 2.29 bits per heavy atom. The monoisotopic (exact) mass is 332 g/mol. The highest BCUT2D eigenvalue weighted by Gasteiger charge is 2.34. The minimum absolute atomic E-state index is 0.0408. The SMILES string of the molecule is Cc1cc(C)cc(O[C@H](C)C(=O)NCC2(N(C)C)CCCCC2)c1. The summed E-state index contributed by atoms with van der Waals surface area (Å²) in [4.78, 5) is 14.7. The van der Waals surface area contributed by atoms with Gasteiger partial charge in [0.05, 0.1) is 0 Å². The third kappa shape index (κ3) is 4.73. The van der Waals surface area contributed by atoms with E-state index in [1.54, 1.807) is 0 Å². The van der Waals surface area contributed by atoms with Gasteiger partial charge < -0.3 is 15.0 Å². The zero-order chi connectivity index (χ0) is 17.7. The smallest absolute Gasteiger partial charge is 0.260 e. The lowest BCUT2D eigenvalue weighted by Crippen LogP contribution is -2.55. The molecule has 1 atom stereocenters. The zero-order valence-electron chi connectivity index (χ0n) is 15.8. The molecule has 2 rings (SSSR count). The van der Waals surface area contributed by atoms with Crippen molar-refractivity contribution < 1.29 is 9.53 Å². The second kappa shape index (κ2) is 8.02. The molecule has 1 fully saturated rings. The van der Waals surface area contributed by atoms with Crippen molar-refractivity contribution in [2.24, 2.45) is 0 Å². The molecule has 1 aliphatic carbocycles. The molecule has 24 heavy (non-hydrogen) atoms. The fourth-order valence-electron chi connectivity index (χ4n) is 3.65. The number of ether oxygens (including phenoxy) is 1. The number of hydrogen-bond donors (Lipinski definition) is 1. The van der Waals surface area contributed by atoms with E-state index in [1.807, 2.05) is 32.9 Å². The van der Waals surface area contributed by atoms with Gasteiger partial charge >= 0.3 is 0 Å². The van der Waals surface area contributed by atoms with Crippen LogP contribution in [0.2, 0.25) is 0 Å². The normalized spacial score (nSPS) is 18.2. The molecule has 134 valence electrons. The maximum absolute atomic E-state index is 12.5. The van der Waals surface area contributed by atoms with Gasteiger partial charge in [0.25, 0.3) is 5.91 Å². The summed E-state index contributed by atoms with van der Waals surface area (Å²) in [6.07, 6.45) is 5.58. The second-order valence-corrected chi connectivity index (χ2v) is 7.48. The lowest BCUT2D eigenvalue weighted by molar-refractivity contribution is -0.128. The predicted octanol–water partition coefficient (Wildman–Crippen LogP) is 3.45. The average Bonchev–Trinajstić information content (AvgIpc) is 2.52. The van der Waals surface area contributed by atoms with E-state index < -0.39 is 6.10 Å². The first-order valence-corrected chi connectivity index (χ1v) is 9.02. The van der Waals surface area contributed by atoms with E-state index in [1.165, 1.54) is 19.3 Å². The minimum atomic E-state index is -0.492. The molecule has 1 amide bonds. The van der Waals surface area contributed by atoms with Crippen LogP contribution in [0.1, 0.15) is 50.2 Å². The Labute approximate surface area is 146 Å².